The van der Waals surface area contributed by atoms with Gasteiger partial charge in [-0.05, 0) is 55.7 Å². The fourth-order valence-corrected chi connectivity index (χ4v) is 5.50. The molecule has 1 saturated heterocycles. The van der Waals surface area contributed by atoms with Gasteiger partial charge >= 0.3 is 5.97 Å². The molecule has 2 aliphatic heterocycles. The molecule has 7 nitrogen and oxygen atoms in total. The van der Waals surface area contributed by atoms with Crippen LogP contribution in [0.5, 0.6) is 0 Å². The normalized spacial score (nSPS) is 24.6. The van der Waals surface area contributed by atoms with Crippen molar-refractivity contribution < 1.29 is 14.5 Å². The molecule has 2 aliphatic rings. The summed E-state index contributed by atoms with van der Waals surface area (Å²) in [6.07, 6.45) is 5.12. The first kappa shape index (κ1) is 18.9. The second-order valence-corrected chi connectivity index (χ2v) is 8.06. The number of carbonyl (C=O) groups is 1. The maximum atomic E-state index is 11.9. The largest absolute Gasteiger partial charge is 0.469 e. The number of aromatic nitrogens is 1. The first-order chi connectivity index (χ1) is 13.5. The number of non-ortho nitro benzene ring substituents is 1. The van der Waals surface area contributed by atoms with E-state index in [2.05, 4.69) is 16.8 Å². The van der Waals surface area contributed by atoms with Crippen molar-refractivity contribution in [2.75, 3.05) is 20.2 Å². The van der Waals surface area contributed by atoms with Crippen LogP contribution in [0.25, 0.3) is 10.9 Å². The lowest BCUT2D eigenvalue weighted by atomic mass is 9.65. The lowest BCUT2D eigenvalue weighted by Gasteiger charge is -2.52. The number of piperidine rings is 1. The summed E-state index contributed by atoms with van der Waals surface area (Å²) in [6.45, 7) is 4.12. The van der Waals surface area contributed by atoms with Crippen molar-refractivity contribution in [3.8, 4) is 0 Å². The highest BCUT2D eigenvalue weighted by atomic mass is 16.6. The molecule has 0 unspecified atom stereocenters. The third kappa shape index (κ3) is 2.89. The van der Waals surface area contributed by atoms with Crippen LogP contribution in [0, 0.1) is 15.5 Å². The van der Waals surface area contributed by atoms with Crippen LogP contribution >= 0.6 is 0 Å². The second kappa shape index (κ2) is 7.20. The molecule has 150 valence electrons. The number of methoxy groups -OCH3 is 1. The van der Waals surface area contributed by atoms with Crippen molar-refractivity contribution in [3.63, 3.8) is 0 Å². The summed E-state index contributed by atoms with van der Waals surface area (Å²) in [5.41, 5.74) is 3.18. The van der Waals surface area contributed by atoms with Gasteiger partial charge in [0.05, 0.1) is 29.0 Å². The fourth-order valence-electron chi connectivity index (χ4n) is 5.50. The van der Waals surface area contributed by atoms with Gasteiger partial charge in [0.25, 0.3) is 5.69 Å². The molecule has 0 spiro atoms. The Labute approximate surface area is 164 Å². The number of nitrogens with one attached hydrogen (secondary N) is 1. The van der Waals surface area contributed by atoms with E-state index >= 15 is 0 Å². The van der Waals surface area contributed by atoms with Gasteiger partial charge < -0.3 is 9.72 Å². The van der Waals surface area contributed by atoms with Gasteiger partial charge in [-0.25, -0.2) is 0 Å². The van der Waals surface area contributed by atoms with Crippen LogP contribution in [0.15, 0.2) is 18.2 Å². The number of hydrogen-bond donors (Lipinski definition) is 1. The van der Waals surface area contributed by atoms with E-state index in [1.165, 1.54) is 7.11 Å². The lowest BCUT2D eigenvalue weighted by Crippen LogP contribution is -2.49. The van der Waals surface area contributed by atoms with Gasteiger partial charge in [0.15, 0.2) is 0 Å². The van der Waals surface area contributed by atoms with E-state index in [1.807, 2.05) is 6.07 Å². The summed E-state index contributed by atoms with van der Waals surface area (Å²) in [6, 6.07) is 5.42. The van der Waals surface area contributed by atoms with Gasteiger partial charge in [0.1, 0.15) is 0 Å². The summed E-state index contributed by atoms with van der Waals surface area (Å²) in [7, 11) is 1.43. The first-order valence-electron chi connectivity index (χ1n) is 10.1. The minimum absolute atomic E-state index is 0.0305. The number of nitrogens with zero attached hydrogens (tertiary/aromatic N) is 2. The van der Waals surface area contributed by atoms with Crippen LogP contribution in [-0.4, -0.2) is 41.0 Å². The third-order valence-corrected chi connectivity index (χ3v) is 6.88. The SMILES string of the molecule is CC[C@]1(CCC(=O)OC)CCCN2CCc3c([nH]c4cccc([N+](=O)[O-])c34)[C@@H]21. The third-order valence-electron chi connectivity index (χ3n) is 6.88. The van der Waals surface area contributed by atoms with Gasteiger partial charge in [0, 0.05) is 24.7 Å². The highest BCUT2D eigenvalue weighted by Crippen LogP contribution is 2.54. The molecule has 1 N–H and O–H groups in total. The first-order valence-corrected chi connectivity index (χ1v) is 10.1. The molecule has 28 heavy (non-hydrogen) atoms. The van der Waals surface area contributed by atoms with Crippen LogP contribution in [0.2, 0.25) is 0 Å². The molecule has 3 heterocycles. The van der Waals surface area contributed by atoms with E-state index in [1.54, 1.807) is 12.1 Å². The molecule has 0 radical (unpaired) electrons. The Hall–Kier alpha value is -2.41. The number of H-pyrrole nitrogens is 1. The van der Waals surface area contributed by atoms with E-state index in [4.69, 9.17) is 4.74 Å². The van der Waals surface area contributed by atoms with E-state index in [0.29, 0.717) is 6.42 Å². The molecule has 4 rings (SSSR count). The molecule has 1 fully saturated rings. The average Bonchev–Trinajstić information content (AvgIpc) is 3.10. The van der Waals surface area contributed by atoms with Crippen LogP contribution < -0.4 is 0 Å². The highest BCUT2D eigenvalue weighted by molar-refractivity contribution is 5.93. The van der Waals surface area contributed by atoms with E-state index in [9.17, 15) is 14.9 Å². The Balaban J connectivity index is 1.83. The molecule has 0 bridgehead atoms. The number of aromatic amines is 1. The van der Waals surface area contributed by atoms with Gasteiger partial charge in [-0.1, -0.05) is 13.0 Å². The summed E-state index contributed by atoms with van der Waals surface area (Å²) >= 11 is 0. The van der Waals surface area contributed by atoms with E-state index in [0.717, 1.165) is 67.4 Å². The lowest BCUT2D eigenvalue weighted by molar-refractivity contribution is -0.383. The number of ether oxygens (including phenoxy) is 1. The van der Waals surface area contributed by atoms with Crippen LogP contribution in [0.3, 0.4) is 0 Å². The molecular weight excluding hydrogens is 358 g/mol. The Bertz CT molecular complexity index is 922. The second-order valence-electron chi connectivity index (χ2n) is 8.06. The molecule has 2 atom stereocenters. The molecule has 0 saturated carbocycles. The summed E-state index contributed by atoms with van der Waals surface area (Å²) in [5, 5.41) is 12.4. The number of rotatable bonds is 5. The molecule has 1 aromatic carbocycles. The van der Waals surface area contributed by atoms with Crippen molar-refractivity contribution in [1.82, 2.24) is 9.88 Å². The zero-order valence-corrected chi connectivity index (χ0v) is 16.5. The van der Waals surface area contributed by atoms with Crippen molar-refractivity contribution in [3.05, 3.63) is 39.6 Å². The summed E-state index contributed by atoms with van der Waals surface area (Å²) in [5.74, 6) is -0.173. The number of benzene rings is 1. The fraction of sp³-hybridized carbons (Fsp3) is 0.571. The topological polar surface area (TPSA) is 88.5 Å². The van der Waals surface area contributed by atoms with Crippen molar-refractivity contribution in [1.29, 1.82) is 0 Å². The minimum atomic E-state index is -0.284. The molecule has 7 heteroatoms. The Morgan fingerprint density at radius 2 is 2.25 bits per heavy atom. The Kier molecular flexibility index (Phi) is 4.87. The number of nitro groups is 1. The van der Waals surface area contributed by atoms with Crippen LogP contribution in [-0.2, 0) is 16.0 Å². The predicted molar refractivity (Wildman–Crippen MR) is 106 cm³/mol. The smallest absolute Gasteiger partial charge is 0.305 e. The van der Waals surface area contributed by atoms with Gasteiger partial charge in [-0.15, -0.1) is 0 Å². The van der Waals surface area contributed by atoms with Crippen molar-refractivity contribution in [2.24, 2.45) is 5.41 Å². The van der Waals surface area contributed by atoms with E-state index < -0.39 is 0 Å². The number of hydrogen-bond acceptors (Lipinski definition) is 5. The molecule has 1 aromatic heterocycles. The average molecular weight is 385 g/mol. The number of nitro benzene ring substituents is 1. The van der Waals surface area contributed by atoms with Gasteiger partial charge in [0.2, 0.25) is 0 Å². The van der Waals surface area contributed by atoms with Gasteiger partial charge in [-0.3, -0.25) is 19.8 Å². The zero-order chi connectivity index (χ0) is 19.9. The van der Waals surface area contributed by atoms with Crippen LogP contribution in [0.1, 0.15) is 56.3 Å². The molecule has 2 aromatic rings. The monoisotopic (exact) mass is 385 g/mol. The quantitative estimate of drug-likeness (QED) is 0.475. The minimum Gasteiger partial charge on any atom is -0.469 e. The van der Waals surface area contributed by atoms with Gasteiger partial charge in [-0.2, -0.15) is 0 Å². The zero-order valence-electron chi connectivity index (χ0n) is 16.5. The summed E-state index contributed by atoms with van der Waals surface area (Å²) < 4.78 is 4.89. The number of esters is 1. The molecule has 0 amide bonds. The maximum Gasteiger partial charge on any atom is 0.305 e. The number of carbonyl (C=O) groups excluding carboxylic acids is 1. The van der Waals surface area contributed by atoms with Crippen LogP contribution in [0.4, 0.5) is 5.69 Å². The van der Waals surface area contributed by atoms with Crippen molar-refractivity contribution >= 4 is 22.6 Å². The Morgan fingerprint density at radius 3 is 2.96 bits per heavy atom. The predicted octanol–water partition coefficient (Wildman–Crippen LogP) is 4.12. The maximum absolute atomic E-state index is 11.9. The highest BCUT2D eigenvalue weighted by Gasteiger charge is 2.47. The molecular formula is C21H27N3O4. The standard InChI is InChI=1S/C21H27N3O4/c1-3-21(11-8-17(25)28-2)10-5-12-23-13-9-14-18-15(22-19(14)20(21)23)6-4-7-16(18)24(26)27/h4,6-7,20,22H,3,5,8-13H2,1-2H3/t20-,21-/m1/s1. The molecule has 0 aliphatic carbocycles. The Morgan fingerprint density at radius 1 is 1.43 bits per heavy atom. The number of fused-ring (bicyclic) bond motifs is 5. The van der Waals surface area contributed by atoms with Crippen molar-refractivity contribution in [2.45, 2.75) is 51.5 Å². The summed E-state index contributed by atoms with van der Waals surface area (Å²) in [4.78, 5) is 29.2. The van der Waals surface area contributed by atoms with E-state index in [-0.39, 0.29) is 28.0 Å².